The lowest BCUT2D eigenvalue weighted by Gasteiger charge is -2.33. The number of alkyl halides is 1. The van der Waals surface area contributed by atoms with E-state index in [9.17, 15) is 10.1 Å². The number of nitrogens with one attached hydrogen (secondary N) is 1. The highest BCUT2D eigenvalue weighted by atomic mass is 79.9. The average molecular weight is 383 g/mol. The first kappa shape index (κ1) is 17.5. The van der Waals surface area contributed by atoms with E-state index in [2.05, 4.69) is 48.1 Å². The maximum absolute atomic E-state index is 12.1. The van der Waals surface area contributed by atoms with Crippen LogP contribution in [0.15, 0.2) is 0 Å². The first-order valence-corrected chi connectivity index (χ1v) is 9.50. The van der Waals surface area contributed by atoms with Gasteiger partial charge >= 0.3 is 0 Å². The van der Waals surface area contributed by atoms with Crippen LogP contribution in [0.1, 0.15) is 56.5 Å². The van der Waals surface area contributed by atoms with E-state index in [1.54, 1.807) is 11.3 Å². The Balaban J connectivity index is 2.27. The zero-order chi connectivity index (χ0) is 16.5. The Morgan fingerprint density at radius 1 is 1.55 bits per heavy atom. The number of carbonyl (C=O) groups is 1. The molecule has 120 valence electrons. The Morgan fingerprint density at radius 2 is 2.23 bits per heavy atom. The summed E-state index contributed by atoms with van der Waals surface area (Å²) < 4.78 is 0. The average Bonchev–Trinajstić information content (AvgIpc) is 2.81. The minimum atomic E-state index is -0.208. The summed E-state index contributed by atoms with van der Waals surface area (Å²) in [4.78, 5) is 13.2. The van der Waals surface area contributed by atoms with Crippen LogP contribution in [0.4, 0.5) is 5.00 Å². The Kier molecular flexibility index (Phi) is 5.34. The van der Waals surface area contributed by atoms with Gasteiger partial charge in [-0.05, 0) is 42.6 Å². The van der Waals surface area contributed by atoms with Gasteiger partial charge < -0.3 is 5.32 Å². The van der Waals surface area contributed by atoms with Crippen LogP contribution in [0.3, 0.4) is 0 Å². The number of amides is 1. The summed E-state index contributed by atoms with van der Waals surface area (Å²) in [6, 6.07) is 2.30. The van der Waals surface area contributed by atoms with E-state index in [1.165, 1.54) is 4.88 Å². The predicted octanol–water partition coefficient (Wildman–Crippen LogP) is 4.88. The van der Waals surface area contributed by atoms with Crippen LogP contribution < -0.4 is 5.32 Å². The third kappa shape index (κ3) is 3.55. The number of thiophene rings is 1. The topological polar surface area (TPSA) is 52.9 Å². The van der Waals surface area contributed by atoms with Gasteiger partial charge in [-0.25, -0.2) is 0 Å². The van der Waals surface area contributed by atoms with E-state index in [-0.39, 0.29) is 16.1 Å². The van der Waals surface area contributed by atoms with Gasteiger partial charge in [-0.1, -0.05) is 43.6 Å². The summed E-state index contributed by atoms with van der Waals surface area (Å²) in [7, 11) is 0. The molecule has 1 amide bonds. The minimum Gasteiger partial charge on any atom is -0.316 e. The smallest absolute Gasteiger partial charge is 0.238 e. The van der Waals surface area contributed by atoms with Crippen molar-refractivity contribution < 1.29 is 4.79 Å². The van der Waals surface area contributed by atoms with E-state index in [4.69, 9.17) is 0 Å². The second-order valence-corrected chi connectivity index (χ2v) is 9.20. The van der Waals surface area contributed by atoms with Crippen molar-refractivity contribution in [1.29, 1.82) is 5.26 Å². The van der Waals surface area contributed by atoms with Crippen LogP contribution in [-0.4, -0.2) is 10.7 Å². The number of halogens is 1. The first-order chi connectivity index (χ1) is 10.3. The largest absolute Gasteiger partial charge is 0.316 e. The van der Waals surface area contributed by atoms with Crippen LogP contribution in [0.5, 0.6) is 0 Å². The SMILES string of the molecule is CCC(Br)C(=O)Nc1sc2c(c1C#N)CCC(C(C)(C)C)C2. The molecular formula is C17H23BrN2OS. The Labute approximate surface area is 145 Å². The number of carbonyl (C=O) groups excluding carboxylic acids is 1. The van der Waals surface area contributed by atoms with Crippen molar-refractivity contribution in [2.45, 2.75) is 58.2 Å². The van der Waals surface area contributed by atoms with Gasteiger partial charge in [0.1, 0.15) is 11.1 Å². The summed E-state index contributed by atoms with van der Waals surface area (Å²) >= 11 is 4.95. The van der Waals surface area contributed by atoms with E-state index in [0.717, 1.165) is 36.2 Å². The van der Waals surface area contributed by atoms with Crippen LogP contribution in [0.2, 0.25) is 0 Å². The van der Waals surface area contributed by atoms with Gasteiger partial charge in [-0.2, -0.15) is 5.26 Å². The Hall–Kier alpha value is -0.860. The first-order valence-electron chi connectivity index (χ1n) is 7.77. The van der Waals surface area contributed by atoms with Gasteiger partial charge in [-0.15, -0.1) is 11.3 Å². The molecule has 3 nitrogen and oxygen atoms in total. The summed E-state index contributed by atoms with van der Waals surface area (Å²) in [6.45, 7) is 8.79. The molecule has 0 aromatic carbocycles. The zero-order valence-electron chi connectivity index (χ0n) is 13.6. The van der Waals surface area contributed by atoms with Crippen molar-refractivity contribution in [3.63, 3.8) is 0 Å². The molecule has 0 radical (unpaired) electrons. The normalized spacial score (nSPS) is 19.2. The molecule has 2 rings (SSSR count). The lowest BCUT2D eigenvalue weighted by molar-refractivity contribution is -0.115. The second kappa shape index (κ2) is 6.72. The van der Waals surface area contributed by atoms with Gasteiger partial charge in [-0.3, -0.25) is 4.79 Å². The van der Waals surface area contributed by atoms with Crippen molar-refractivity contribution in [2.24, 2.45) is 11.3 Å². The molecule has 0 spiro atoms. The third-order valence-electron chi connectivity index (χ3n) is 4.48. The number of nitrogens with zero attached hydrogens (tertiary/aromatic N) is 1. The van der Waals surface area contributed by atoms with Gasteiger partial charge in [0, 0.05) is 4.88 Å². The molecule has 1 aromatic heterocycles. The Bertz CT molecular complexity index is 609. The molecule has 1 N–H and O–H groups in total. The van der Waals surface area contributed by atoms with Gasteiger partial charge in [0.2, 0.25) is 5.91 Å². The molecule has 0 fully saturated rings. The fraction of sp³-hybridized carbons (Fsp3) is 0.647. The fourth-order valence-corrected chi connectivity index (χ4v) is 4.30. The molecule has 1 aliphatic carbocycles. The monoisotopic (exact) mass is 382 g/mol. The lowest BCUT2D eigenvalue weighted by Crippen LogP contribution is -2.26. The van der Waals surface area contributed by atoms with E-state index >= 15 is 0 Å². The molecule has 0 saturated heterocycles. The van der Waals surface area contributed by atoms with Gasteiger partial charge in [0.15, 0.2) is 0 Å². The van der Waals surface area contributed by atoms with Crippen molar-refractivity contribution in [3.05, 3.63) is 16.0 Å². The van der Waals surface area contributed by atoms with Gasteiger partial charge in [0.25, 0.3) is 0 Å². The van der Waals surface area contributed by atoms with Crippen molar-refractivity contribution >= 4 is 38.2 Å². The Morgan fingerprint density at radius 3 is 2.77 bits per heavy atom. The highest BCUT2D eigenvalue weighted by Crippen LogP contribution is 2.44. The molecule has 1 aliphatic rings. The van der Waals surface area contributed by atoms with Crippen LogP contribution >= 0.6 is 27.3 Å². The number of hydrogen-bond donors (Lipinski definition) is 1. The van der Waals surface area contributed by atoms with Crippen LogP contribution in [-0.2, 0) is 17.6 Å². The molecule has 22 heavy (non-hydrogen) atoms. The van der Waals surface area contributed by atoms with E-state index < -0.39 is 0 Å². The molecule has 2 atom stereocenters. The third-order valence-corrected chi connectivity index (χ3v) is 6.71. The standard InChI is InChI=1S/C17H23BrN2OS/c1-5-13(18)15(21)20-16-12(9-19)11-7-6-10(17(2,3)4)8-14(11)22-16/h10,13H,5-8H2,1-4H3,(H,20,21). The molecule has 0 bridgehead atoms. The number of fused-ring (bicyclic) bond motifs is 1. The summed E-state index contributed by atoms with van der Waals surface area (Å²) in [5.74, 6) is 0.568. The number of anilines is 1. The molecule has 5 heteroatoms. The fourth-order valence-electron chi connectivity index (χ4n) is 2.91. The molecule has 1 heterocycles. The van der Waals surface area contributed by atoms with Crippen molar-refractivity contribution in [3.8, 4) is 6.07 Å². The quantitative estimate of drug-likeness (QED) is 0.756. The van der Waals surface area contributed by atoms with Crippen molar-refractivity contribution in [2.75, 3.05) is 5.32 Å². The van der Waals surface area contributed by atoms with Crippen LogP contribution in [0, 0.1) is 22.7 Å². The summed E-state index contributed by atoms with van der Waals surface area (Å²) in [5.41, 5.74) is 2.11. The zero-order valence-corrected chi connectivity index (χ0v) is 16.0. The number of hydrogen-bond acceptors (Lipinski definition) is 3. The van der Waals surface area contributed by atoms with Crippen molar-refractivity contribution in [1.82, 2.24) is 0 Å². The van der Waals surface area contributed by atoms with Gasteiger partial charge in [0.05, 0.1) is 10.4 Å². The van der Waals surface area contributed by atoms with E-state index in [1.807, 2.05) is 6.92 Å². The van der Waals surface area contributed by atoms with Crippen LogP contribution in [0.25, 0.3) is 0 Å². The summed E-state index contributed by atoms with van der Waals surface area (Å²) in [6.07, 6.45) is 3.80. The molecular weight excluding hydrogens is 360 g/mol. The lowest BCUT2D eigenvalue weighted by atomic mass is 9.72. The highest BCUT2D eigenvalue weighted by Gasteiger charge is 2.32. The number of nitriles is 1. The molecule has 1 aromatic rings. The molecule has 0 saturated carbocycles. The molecule has 0 aliphatic heterocycles. The summed E-state index contributed by atoms with van der Waals surface area (Å²) in [5, 5.41) is 13.2. The predicted molar refractivity (Wildman–Crippen MR) is 95.6 cm³/mol. The maximum atomic E-state index is 12.1. The highest BCUT2D eigenvalue weighted by molar-refractivity contribution is 9.10. The maximum Gasteiger partial charge on any atom is 0.238 e. The second-order valence-electron chi connectivity index (χ2n) is 6.99. The van der Waals surface area contributed by atoms with E-state index in [0.29, 0.717) is 11.5 Å². The minimum absolute atomic E-state index is 0.0648. The molecule has 2 unspecified atom stereocenters. The number of rotatable bonds is 3.